The minimum atomic E-state index is -0.182. The highest BCUT2D eigenvalue weighted by Gasteiger charge is 2.24. The maximum absolute atomic E-state index is 11.9. The van der Waals surface area contributed by atoms with Gasteiger partial charge in [-0.15, -0.1) is 11.3 Å². The number of rotatable bonds is 2. The highest BCUT2D eigenvalue weighted by molar-refractivity contribution is 9.10. The van der Waals surface area contributed by atoms with E-state index in [4.69, 9.17) is 4.74 Å². The Bertz CT molecular complexity index is 333. The van der Waals surface area contributed by atoms with Crippen molar-refractivity contribution in [3.63, 3.8) is 0 Å². The number of ether oxygens (including phenoxy) is 1. The molecule has 1 unspecified atom stereocenters. The molecule has 0 saturated carbocycles. The van der Waals surface area contributed by atoms with E-state index in [1.807, 2.05) is 11.4 Å². The molecule has 0 amide bonds. The quantitative estimate of drug-likeness (QED) is 0.835. The van der Waals surface area contributed by atoms with Crippen LogP contribution in [0.2, 0.25) is 0 Å². The fraction of sp³-hybridized carbons (Fsp3) is 0.444. The first-order valence-electron chi connectivity index (χ1n) is 4.37. The topological polar surface area (TPSA) is 38.3 Å². The second-order valence-corrected chi connectivity index (χ2v) is 4.81. The maximum atomic E-state index is 11.9. The maximum Gasteiger partial charge on any atom is 0.193 e. The largest absolute Gasteiger partial charge is 0.378 e. The Hall–Kier alpha value is -0.230. The van der Waals surface area contributed by atoms with Gasteiger partial charge in [-0.05, 0) is 27.4 Å². The molecule has 1 aliphatic rings. The first-order valence-corrected chi connectivity index (χ1v) is 6.04. The first-order chi connectivity index (χ1) is 6.79. The molecule has 1 aliphatic heterocycles. The predicted octanol–water partition coefficient (Wildman–Crippen LogP) is 1.68. The summed E-state index contributed by atoms with van der Waals surface area (Å²) >= 11 is 4.81. The Morgan fingerprint density at radius 2 is 2.57 bits per heavy atom. The molecule has 1 N–H and O–H groups in total. The summed E-state index contributed by atoms with van der Waals surface area (Å²) in [4.78, 5) is 12.7. The molecule has 14 heavy (non-hydrogen) atoms. The van der Waals surface area contributed by atoms with Gasteiger partial charge in [-0.2, -0.15) is 0 Å². The van der Waals surface area contributed by atoms with Crippen LogP contribution in [-0.2, 0) is 4.74 Å². The molecule has 1 fully saturated rings. The number of hydrogen-bond acceptors (Lipinski definition) is 4. The third-order valence-electron chi connectivity index (χ3n) is 2.08. The van der Waals surface area contributed by atoms with Gasteiger partial charge in [0.05, 0.1) is 24.1 Å². The lowest BCUT2D eigenvalue weighted by Crippen LogP contribution is -2.46. The fourth-order valence-electron chi connectivity index (χ4n) is 1.36. The van der Waals surface area contributed by atoms with Crippen molar-refractivity contribution in [2.24, 2.45) is 0 Å². The lowest BCUT2D eigenvalue weighted by Gasteiger charge is -2.22. The molecule has 1 saturated heterocycles. The van der Waals surface area contributed by atoms with Gasteiger partial charge in [0.2, 0.25) is 0 Å². The Morgan fingerprint density at radius 3 is 3.14 bits per heavy atom. The van der Waals surface area contributed by atoms with Crippen molar-refractivity contribution >= 4 is 33.0 Å². The molecular formula is C9H10BrNO2S. The van der Waals surface area contributed by atoms with E-state index in [0.717, 1.165) is 15.9 Å². The number of nitrogens with one attached hydrogen (secondary N) is 1. The molecule has 5 heteroatoms. The van der Waals surface area contributed by atoms with E-state index in [0.29, 0.717) is 13.2 Å². The van der Waals surface area contributed by atoms with Crippen LogP contribution < -0.4 is 5.32 Å². The van der Waals surface area contributed by atoms with E-state index in [2.05, 4.69) is 21.2 Å². The Balaban J connectivity index is 2.11. The van der Waals surface area contributed by atoms with Crippen LogP contribution in [0.15, 0.2) is 15.9 Å². The summed E-state index contributed by atoms with van der Waals surface area (Å²) in [5.41, 5.74) is 0. The number of halogens is 1. The van der Waals surface area contributed by atoms with Crippen LogP contribution in [0, 0.1) is 0 Å². The van der Waals surface area contributed by atoms with Crippen LogP contribution >= 0.6 is 27.3 Å². The van der Waals surface area contributed by atoms with Crippen LogP contribution in [0.5, 0.6) is 0 Å². The van der Waals surface area contributed by atoms with E-state index >= 15 is 0 Å². The summed E-state index contributed by atoms with van der Waals surface area (Å²) in [5, 5.41) is 5.05. The molecule has 76 valence electrons. The highest BCUT2D eigenvalue weighted by atomic mass is 79.9. The molecule has 0 bridgehead atoms. The van der Waals surface area contributed by atoms with E-state index in [-0.39, 0.29) is 11.8 Å². The van der Waals surface area contributed by atoms with Gasteiger partial charge in [0.15, 0.2) is 5.78 Å². The predicted molar refractivity (Wildman–Crippen MR) is 59.0 cm³/mol. The van der Waals surface area contributed by atoms with E-state index in [9.17, 15) is 4.79 Å². The average molecular weight is 276 g/mol. The third kappa shape index (κ3) is 2.06. The SMILES string of the molecule is O=C(c1sccc1Br)C1COCCN1. The number of carbonyl (C=O) groups excluding carboxylic acids is 1. The molecule has 0 aliphatic carbocycles. The van der Waals surface area contributed by atoms with Crippen molar-refractivity contribution in [3.05, 3.63) is 20.8 Å². The molecule has 2 rings (SSSR count). The van der Waals surface area contributed by atoms with Crippen LogP contribution in [0.1, 0.15) is 9.67 Å². The summed E-state index contributed by atoms with van der Waals surface area (Å²) in [7, 11) is 0. The zero-order chi connectivity index (χ0) is 9.97. The second kappa shape index (κ2) is 4.53. The van der Waals surface area contributed by atoms with Crippen LogP contribution in [0.25, 0.3) is 0 Å². The zero-order valence-electron chi connectivity index (χ0n) is 7.46. The van der Waals surface area contributed by atoms with E-state index in [1.165, 1.54) is 11.3 Å². The van der Waals surface area contributed by atoms with Gasteiger partial charge in [0, 0.05) is 11.0 Å². The number of Topliss-reactive ketones (excluding diaryl/α,β-unsaturated/α-hetero) is 1. The number of hydrogen-bond donors (Lipinski definition) is 1. The second-order valence-electron chi connectivity index (χ2n) is 3.04. The molecule has 0 radical (unpaired) electrons. The third-order valence-corrected chi connectivity index (χ3v) is 3.93. The molecule has 3 nitrogen and oxygen atoms in total. The van der Waals surface area contributed by atoms with Gasteiger partial charge in [0.1, 0.15) is 0 Å². The highest BCUT2D eigenvalue weighted by Crippen LogP contribution is 2.24. The molecule has 1 atom stereocenters. The minimum Gasteiger partial charge on any atom is -0.378 e. The van der Waals surface area contributed by atoms with Crippen molar-refractivity contribution in [3.8, 4) is 0 Å². The smallest absolute Gasteiger partial charge is 0.193 e. The van der Waals surface area contributed by atoms with Gasteiger partial charge in [-0.1, -0.05) is 0 Å². The van der Waals surface area contributed by atoms with E-state index in [1.54, 1.807) is 0 Å². The number of morpholine rings is 1. The summed E-state index contributed by atoms with van der Waals surface area (Å²) in [6.45, 7) is 1.91. The Morgan fingerprint density at radius 1 is 1.71 bits per heavy atom. The van der Waals surface area contributed by atoms with Gasteiger partial charge in [-0.25, -0.2) is 0 Å². The first kappa shape index (κ1) is 10.3. The van der Waals surface area contributed by atoms with Crippen LogP contribution in [0.3, 0.4) is 0 Å². The minimum absolute atomic E-state index is 0.117. The Labute approximate surface area is 94.6 Å². The van der Waals surface area contributed by atoms with Crippen molar-refractivity contribution in [2.45, 2.75) is 6.04 Å². The van der Waals surface area contributed by atoms with Crippen molar-refractivity contribution in [2.75, 3.05) is 19.8 Å². The molecule has 0 aromatic carbocycles. The number of ketones is 1. The number of carbonyl (C=O) groups is 1. The lowest BCUT2D eigenvalue weighted by atomic mass is 10.1. The van der Waals surface area contributed by atoms with Gasteiger partial charge in [-0.3, -0.25) is 4.79 Å². The molecule has 1 aromatic heterocycles. The average Bonchev–Trinajstić information content (AvgIpc) is 2.65. The van der Waals surface area contributed by atoms with Crippen LogP contribution in [-0.4, -0.2) is 31.6 Å². The van der Waals surface area contributed by atoms with Crippen molar-refractivity contribution in [1.82, 2.24) is 5.32 Å². The molecular weight excluding hydrogens is 266 g/mol. The summed E-state index contributed by atoms with van der Waals surface area (Å²) in [6, 6.07) is 1.71. The molecule has 2 heterocycles. The van der Waals surface area contributed by atoms with Crippen LogP contribution in [0.4, 0.5) is 0 Å². The van der Waals surface area contributed by atoms with Crippen molar-refractivity contribution < 1.29 is 9.53 Å². The molecule has 1 aromatic rings. The van der Waals surface area contributed by atoms with Crippen molar-refractivity contribution in [1.29, 1.82) is 0 Å². The summed E-state index contributed by atoms with van der Waals surface area (Å²) < 4.78 is 6.12. The van der Waals surface area contributed by atoms with Gasteiger partial charge >= 0.3 is 0 Å². The summed E-state index contributed by atoms with van der Waals surface area (Å²) in [6.07, 6.45) is 0. The van der Waals surface area contributed by atoms with Gasteiger partial charge < -0.3 is 10.1 Å². The molecule has 0 spiro atoms. The van der Waals surface area contributed by atoms with Gasteiger partial charge in [0.25, 0.3) is 0 Å². The normalized spacial score (nSPS) is 22.2. The Kier molecular flexibility index (Phi) is 3.33. The fourth-order valence-corrected chi connectivity index (χ4v) is 2.92. The monoisotopic (exact) mass is 275 g/mol. The lowest BCUT2D eigenvalue weighted by molar-refractivity contribution is 0.0610. The number of thiophene rings is 1. The summed E-state index contributed by atoms with van der Waals surface area (Å²) in [5.74, 6) is 0.117. The van der Waals surface area contributed by atoms with E-state index < -0.39 is 0 Å². The standard InChI is InChI=1S/C9H10BrNO2S/c10-6-1-4-14-9(6)8(12)7-5-13-3-2-11-7/h1,4,7,11H,2-3,5H2. The zero-order valence-corrected chi connectivity index (χ0v) is 9.86.